The number of hydrogen-bond donors (Lipinski definition) is 2. The van der Waals surface area contributed by atoms with Gasteiger partial charge in [0.15, 0.2) is 0 Å². The molecule has 3 heteroatoms. The van der Waals surface area contributed by atoms with Crippen LogP contribution in [0.3, 0.4) is 0 Å². The molecule has 0 bridgehead atoms. The molecule has 32 heavy (non-hydrogen) atoms. The van der Waals surface area contributed by atoms with E-state index in [1.54, 1.807) is 0 Å². The molecule has 0 atom stereocenters. The summed E-state index contributed by atoms with van der Waals surface area (Å²) >= 11 is 0. The number of allylic oxidation sites excluding steroid dienone is 1. The Bertz CT molecular complexity index is 1320. The zero-order valence-electron chi connectivity index (χ0n) is 17.8. The zero-order chi connectivity index (χ0) is 21.9. The second kappa shape index (κ2) is 8.72. The number of carboxylic acids is 1. The van der Waals surface area contributed by atoms with Gasteiger partial charge < -0.3 is 10.4 Å². The quantitative estimate of drug-likeness (QED) is 0.347. The molecule has 1 aliphatic carbocycles. The van der Waals surface area contributed by atoms with Crippen LogP contribution in [-0.2, 0) is 17.6 Å². The van der Waals surface area contributed by atoms with Crippen LogP contribution in [0, 0.1) is 0 Å². The van der Waals surface area contributed by atoms with E-state index in [9.17, 15) is 9.90 Å². The van der Waals surface area contributed by atoms with Crippen molar-refractivity contribution in [3.8, 4) is 11.1 Å². The molecule has 0 unspecified atom stereocenters. The van der Waals surface area contributed by atoms with Crippen molar-refractivity contribution in [1.29, 1.82) is 0 Å². The summed E-state index contributed by atoms with van der Waals surface area (Å²) in [7, 11) is 0. The van der Waals surface area contributed by atoms with E-state index in [2.05, 4.69) is 84.2 Å². The minimum absolute atomic E-state index is 0.760. The molecule has 158 valence electrons. The second-order valence-corrected chi connectivity index (χ2v) is 8.25. The van der Waals surface area contributed by atoms with Crippen molar-refractivity contribution in [2.75, 3.05) is 11.9 Å². The molecule has 0 heterocycles. The molecule has 1 aliphatic rings. The van der Waals surface area contributed by atoms with Gasteiger partial charge in [0, 0.05) is 23.9 Å². The minimum atomic E-state index is -0.884. The number of benzene rings is 4. The van der Waals surface area contributed by atoms with E-state index in [4.69, 9.17) is 0 Å². The molecular formula is C29H25NO2. The molecular weight excluding hydrogens is 394 g/mol. The highest BCUT2D eigenvalue weighted by molar-refractivity contribution is 5.97. The fraction of sp³-hybridized carbons (Fsp3) is 0.138. The summed E-state index contributed by atoms with van der Waals surface area (Å²) in [6, 6.07) is 29.6. The summed E-state index contributed by atoms with van der Waals surface area (Å²) in [6.07, 6.45) is 3.91. The lowest BCUT2D eigenvalue weighted by Crippen LogP contribution is -2.07. The van der Waals surface area contributed by atoms with Crippen molar-refractivity contribution in [2.45, 2.75) is 19.3 Å². The Morgan fingerprint density at radius 1 is 0.875 bits per heavy atom. The normalized spacial score (nSPS) is 13.9. The van der Waals surface area contributed by atoms with Gasteiger partial charge in [-0.2, -0.15) is 0 Å². The van der Waals surface area contributed by atoms with Crippen molar-refractivity contribution in [3.63, 3.8) is 0 Å². The maximum atomic E-state index is 11.3. The molecule has 4 aromatic rings. The molecule has 0 saturated heterocycles. The van der Waals surface area contributed by atoms with E-state index >= 15 is 0 Å². The molecule has 0 amide bonds. The van der Waals surface area contributed by atoms with Crippen LogP contribution in [0.5, 0.6) is 0 Å². The molecule has 2 N–H and O–H groups in total. The van der Waals surface area contributed by atoms with Gasteiger partial charge in [-0.3, -0.25) is 0 Å². The van der Waals surface area contributed by atoms with Crippen LogP contribution >= 0.6 is 0 Å². The number of nitrogens with one attached hydrogen (secondary N) is 1. The molecule has 3 nitrogen and oxygen atoms in total. The van der Waals surface area contributed by atoms with Crippen LogP contribution in [0.4, 0.5) is 5.69 Å². The third-order valence-corrected chi connectivity index (χ3v) is 6.21. The first-order valence-corrected chi connectivity index (χ1v) is 11.1. The SMILES string of the molecule is O=C(O)C=C1CCc2c1ccc(NCCc1ccccc1)c2-c1ccc2ccccc2c1. The van der Waals surface area contributed by atoms with Gasteiger partial charge in [0.05, 0.1) is 0 Å². The Hall–Kier alpha value is -3.85. The number of anilines is 1. The van der Waals surface area contributed by atoms with Crippen molar-refractivity contribution >= 4 is 28.0 Å². The predicted molar refractivity (Wildman–Crippen MR) is 132 cm³/mol. The van der Waals surface area contributed by atoms with Crippen LogP contribution in [0.1, 0.15) is 23.1 Å². The number of hydrogen-bond acceptors (Lipinski definition) is 2. The van der Waals surface area contributed by atoms with E-state index < -0.39 is 5.97 Å². The fourth-order valence-electron chi connectivity index (χ4n) is 4.71. The van der Waals surface area contributed by atoms with E-state index in [1.807, 2.05) is 6.07 Å². The van der Waals surface area contributed by atoms with Gasteiger partial charge in [-0.1, -0.05) is 72.8 Å². The van der Waals surface area contributed by atoms with Crippen LogP contribution in [0.25, 0.3) is 27.5 Å². The average Bonchev–Trinajstić information content (AvgIpc) is 3.21. The van der Waals surface area contributed by atoms with Gasteiger partial charge in [-0.15, -0.1) is 0 Å². The van der Waals surface area contributed by atoms with Crippen molar-refractivity contribution in [1.82, 2.24) is 0 Å². The van der Waals surface area contributed by atoms with Crippen molar-refractivity contribution in [3.05, 3.63) is 108 Å². The lowest BCUT2D eigenvalue weighted by molar-refractivity contribution is -0.131. The lowest BCUT2D eigenvalue weighted by atomic mass is 9.92. The second-order valence-electron chi connectivity index (χ2n) is 8.25. The molecule has 0 aliphatic heterocycles. The third kappa shape index (κ3) is 4.02. The molecule has 0 saturated carbocycles. The Kier molecular flexibility index (Phi) is 5.47. The number of rotatable bonds is 6. The van der Waals surface area contributed by atoms with Gasteiger partial charge in [0.1, 0.15) is 0 Å². The topological polar surface area (TPSA) is 49.3 Å². The van der Waals surface area contributed by atoms with Crippen molar-refractivity contribution < 1.29 is 9.90 Å². The van der Waals surface area contributed by atoms with Gasteiger partial charge in [0.2, 0.25) is 0 Å². The van der Waals surface area contributed by atoms with Gasteiger partial charge >= 0.3 is 5.97 Å². The summed E-state index contributed by atoms with van der Waals surface area (Å²) in [5, 5.41) is 15.4. The van der Waals surface area contributed by atoms with Gasteiger partial charge in [0.25, 0.3) is 0 Å². The Morgan fingerprint density at radius 2 is 1.66 bits per heavy atom. The summed E-state index contributed by atoms with van der Waals surface area (Å²) < 4.78 is 0. The standard InChI is InChI=1S/C29H25NO2/c31-28(32)19-23-12-13-26-25(23)14-15-27(30-17-16-20-6-2-1-3-7-20)29(26)24-11-10-21-8-4-5-9-22(21)18-24/h1-11,14-15,18-19,30H,12-13,16-17H2,(H,31,32). The molecule has 0 fully saturated rings. The van der Waals surface area contributed by atoms with E-state index in [-0.39, 0.29) is 0 Å². The smallest absolute Gasteiger partial charge is 0.328 e. The Labute approximate surface area is 188 Å². The van der Waals surface area contributed by atoms with Crippen molar-refractivity contribution in [2.24, 2.45) is 0 Å². The summed E-state index contributed by atoms with van der Waals surface area (Å²) in [4.78, 5) is 11.3. The molecule has 0 aromatic heterocycles. The number of aliphatic carboxylic acids is 1. The first kappa shape index (κ1) is 20.1. The lowest BCUT2D eigenvalue weighted by Gasteiger charge is -2.17. The third-order valence-electron chi connectivity index (χ3n) is 6.21. The minimum Gasteiger partial charge on any atom is -0.478 e. The summed E-state index contributed by atoms with van der Waals surface area (Å²) in [6.45, 7) is 0.835. The number of fused-ring (bicyclic) bond motifs is 2. The number of carboxylic acid groups (broad SMARTS) is 1. The van der Waals surface area contributed by atoms with E-state index in [1.165, 1.54) is 39.1 Å². The predicted octanol–water partition coefficient (Wildman–Crippen LogP) is 6.58. The number of carbonyl (C=O) groups is 1. The Balaban J connectivity index is 1.56. The van der Waals surface area contributed by atoms with Crippen LogP contribution < -0.4 is 5.32 Å². The summed E-state index contributed by atoms with van der Waals surface area (Å²) in [5.41, 5.74) is 7.97. The van der Waals surface area contributed by atoms with Crippen LogP contribution in [-0.4, -0.2) is 17.6 Å². The van der Waals surface area contributed by atoms with Gasteiger partial charge in [-0.05, 0) is 70.0 Å². The monoisotopic (exact) mass is 419 g/mol. The fourth-order valence-corrected chi connectivity index (χ4v) is 4.71. The first-order chi connectivity index (χ1) is 15.7. The highest BCUT2D eigenvalue weighted by Crippen LogP contribution is 2.43. The van der Waals surface area contributed by atoms with Gasteiger partial charge in [-0.25, -0.2) is 4.79 Å². The van der Waals surface area contributed by atoms with E-state index in [0.29, 0.717) is 0 Å². The molecule has 5 rings (SSSR count). The van der Waals surface area contributed by atoms with Crippen LogP contribution in [0.2, 0.25) is 0 Å². The van der Waals surface area contributed by atoms with Crippen LogP contribution in [0.15, 0.2) is 91.0 Å². The largest absolute Gasteiger partial charge is 0.478 e. The average molecular weight is 420 g/mol. The molecule has 0 radical (unpaired) electrons. The maximum Gasteiger partial charge on any atom is 0.328 e. The maximum absolute atomic E-state index is 11.3. The molecule has 0 spiro atoms. The molecule has 4 aromatic carbocycles. The van der Waals surface area contributed by atoms with E-state index in [0.717, 1.165) is 42.6 Å². The highest BCUT2D eigenvalue weighted by Gasteiger charge is 2.23. The first-order valence-electron chi connectivity index (χ1n) is 11.1. The highest BCUT2D eigenvalue weighted by atomic mass is 16.4. The zero-order valence-corrected chi connectivity index (χ0v) is 17.8. The Morgan fingerprint density at radius 3 is 2.47 bits per heavy atom. The summed E-state index contributed by atoms with van der Waals surface area (Å²) in [5.74, 6) is -0.884.